The van der Waals surface area contributed by atoms with Gasteiger partial charge < -0.3 is 5.32 Å². The van der Waals surface area contributed by atoms with Crippen LogP contribution in [0.25, 0.3) is 0 Å². The molecule has 2 aromatic carbocycles. The van der Waals surface area contributed by atoms with E-state index in [1.807, 2.05) is 24.3 Å². The topological polar surface area (TPSA) is 78.5 Å². The van der Waals surface area contributed by atoms with Crippen LogP contribution in [-0.4, -0.2) is 38.4 Å². The Labute approximate surface area is 167 Å². The van der Waals surface area contributed by atoms with Gasteiger partial charge in [0.2, 0.25) is 10.0 Å². The molecule has 3 rings (SSSR count). The van der Waals surface area contributed by atoms with E-state index in [1.165, 1.54) is 12.1 Å². The third-order valence-electron chi connectivity index (χ3n) is 4.79. The van der Waals surface area contributed by atoms with Gasteiger partial charge in [-0.15, -0.1) is 0 Å². The lowest BCUT2D eigenvalue weighted by Gasteiger charge is -2.18. The fraction of sp³-hybridized carbons (Fsp3) is 0.381. The van der Waals surface area contributed by atoms with E-state index in [4.69, 9.17) is 0 Å². The second kappa shape index (κ2) is 8.86. The number of benzene rings is 2. The van der Waals surface area contributed by atoms with Gasteiger partial charge >= 0.3 is 0 Å². The average Bonchev–Trinajstić information content (AvgIpc) is 3.50. The van der Waals surface area contributed by atoms with E-state index in [-0.39, 0.29) is 16.8 Å². The Hall–Kier alpha value is -2.22. The molecule has 0 aliphatic heterocycles. The summed E-state index contributed by atoms with van der Waals surface area (Å²) in [4.78, 5) is 15.0. The van der Waals surface area contributed by atoms with Crippen molar-refractivity contribution in [2.45, 2.75) is 44.2 Å². The van der Waals surface area contributed by atoms with E-state index in [2.05, 4.69) is 28.8 Å². The molecule has 7 heteroatoms. The minimum atomic E-state index is -3.59. The Balaban J connectivity index is 1.72. The lowest BCUT2D eigenvalue weighted by atomic mass is 10.1. The van der Waals surface area contributed by atoms with Crippen molar-refractivity contribution in [3.8, 4) is 0 Å². The van der Waals surface area contributed by atoms with Gasteiger partial charge in [0, 0.05) is 23.8 Å². The molecule has 2 N–H and O–H groups in total. The third-order valence-corrected chi connectivity index (χ3v) is 6.31. The molecular weight excluding hydrogens is 374 g/mol. The molecule has 2 aromatic rings. The zero-order chi connectivity index (χ0) is 20.1. The lowest BCUT2D eigenvalue weighted by Crippen LogP contribution is -2.26. The minimum Gasteiger partial charge on any atom is -0.322 e. The van der Waals surface area contributed by atoms with Gasteiger partial charge in [0.25, 0.3) is 5.91 Å². The molecule has 1 aliphatic carbocycles. The molecule has 1 saturated carbocycles. The highest BCUT2D eigenvalue weighted by molar-refractivity contribution is 7.89. The molecule has 0 spiro atoms. The SMILES string of the molecule is CCN(CC)Cc1cccc(NC(=O)c2cccc(S(=O)(=O)NC3CC3)c2)c1. The first-order valence-electron chi connectivity index (χ1n) is 9.66. The molecular formula is C21H27N3O3S. The Morgan fingerprint density at radius 2 is 1.79 bits per heavy atom. The molecule has 0 aromatic heterocycles. The summed E-state index contributed by atoms with van der Waals surface area (Å²) >= 11 is 0. The van der Waals surface area contributed by atoms with Crippen molar-refractivity contribution in [2.24, 2.45) is 0 Å². The summed E-state index contributed by atoms with van der Waals surface area (Å²) in [6, 6.07) is 13.9. The van der Waals surface area contributed by atoms with Crippen LogP contribution in [0.2, 0.25) is 0 Å². The number of hydrogen-bond donors (Lipinski definition) is 2. The van der Waals surface area contributed by atoms with Crippen LogP contribution in [0.3, 0.4) is 0 Å². The first kappa shape index (κ1) is 20.5. The molecule has 1 amide bonds. The van der Waals surface area contributed by atoms with Crippen molar-refractivity contribution in [3.63, 3.8) is 0 Å². The molecule has 0 atom stereocenters. The Kier molecular flexibility index (Phi) is 6.49. The normalized spacial score (nSPS) is 14.2. The molecule has 0 bridgehead atoms. The highest BCUT2D eigenvalue weighted by Crippen LogP contribution is 2.23. The van der Waals surface area contributed by atoms with Gasteiger partial charge in [0.1, 0.15) is 0 Å². The van der Waals surface area contributed by atoms with Crippen molar-refractivity contribution in [2.75, 3.05) is 18.4 Å². The number of anilines is 1. The predicted molar refractivity (Wildman–Crippen MR) is 111 cm³/mol. The van der Waals surface area contributed by atoms with Gasteiger partial charge in [0.05, 0.1) is 4.90 Å². The summed E-state index contributed by atoms with van der Waals surface area (Å²) in [5.74, 6) is -0.330. The van der Waals surface area contributed by atoms with Crippen LogP contribution in [0.15, 0.2) is 53.4 Å². The predicted octanol–water partition coefficient (Wildman–Crippen LogP) is 3.22. The van der Waals surface area contributed by atoms with Crippen molar-refractivity contribution in [3.05, 3.63) is 59.7 Å². The third kappa shape index (κ3) is 5.41. The van der Waals surface area contributed by atoms with Crippen LogP contribution in [0.4, 0.5) is 5.69 Å². The molecule has 6 nitrogen and oxygen atoms in total. The minimum absolute atomic E-state index is 0.0241. The first-order chi connectivity index (χ1) is 13.4. The second-order valence-corrected chi connectivity index (χ2v) is 8.75. The molecule has 0 unspecified atom stereocenters. The molecule has 0 saturated heterocycles. The average molecular weight is 402 g/mol. The maximum absolute atomic E-state index is 12.6. The maximum atomic E-state index is 12.6. The van der Waals surface area contributed by atoms with E-state index in [0.29, 0.717) is 11.3 Å². The van der Waals surface area contributed by atoms with Gasteiger partial charge in [-0.1, -0.05) is 32.0 Å². The number of hydrogen-bond acceptors (Lipinski definition) is 4. The van der Waals surface area contributed by atoms with Crippen LogP contribution >= 0.6 is 0 Å². The lowest BCUT2D eigenvalue weighted by molar-refractivity contribution is 0.102. The van der Waals surface area contributed by atoms with E-state index in [9.17, 15) is 13.2 Å². The van der Waals surface area contributed by atoms with E-state index < -0.39 is 10.0 Å². The summed E-state index contributed by atoms with van der Waals surface area (Å²) in [6.45, 7) is 6.98. The standard InChI is InChI=1S/C21H27N3O3S/c1-3-24(4-2)15-16-7-5-9-19(13-16)22-21(25)17-8-6-10-20(14-17)28(26,27)23-18-11-12-18/h5-10,13-14,18,23H,3-4,11-12,15H2,1-2H3,(H,22,25). The van der Waals surface area contributed by atoms with Crippen LogP contribution in [0, 0.1) is 0 Å². The summed E-state index contributed by atoms with van der Waals surface area (Å²) < 4.78 is 27.4. The molecule has 150 valence electrons. The van der Waals surface area contributed by atoms with E-state index in [0.717, 1.165) is 38.0 Å². The molecule has 28 heavy (non-hydrogen) atoms. The number of rotatable bonds is 9. The summed E-state index contributed by atoms with van der Waals surface area (Å²) in [7, 11) is -3.59. The monoisotopic (exact) mass is 401 g/mol. The largest absolute Gasteiger partial charge is 0.322 e. The fourth-order valence-corrected chi connectivity index (χ4v) is 4.30. The zero-order valence-electron chi connectivity index (χ0n) is 16.3. The maximum Gasteiger partial charge on any atom is 0.255 e. The van der Waals surface area contributed by atoms with Crippen molar-refractivity contribution in [1.29, 1.82) is 0 Å². The Bertz CT molecular complexity index is 935. The first-order valence-corrected chi connectivity index (χ1v) is 11.1. The quantitative estimate of drug-likeness (QED) is 0.676. The highest BCUT2D eigenvalue weighted by Gasteiger charge is 2.28. The second-order valence-electron chi connectivity index (χ2n) is 7.04. The van der Waals surface area contributed by atoms with Crippen LogP contribution in [0.5, 0.6) is 0 Å². The van der Waals surface area contributed by atoms with Crippen molar-refractivity contribution < 1.29 is 13.2 Å². The highest BCUT2D eigenvalue weighted by atomic mass is 32.2. The number of amides is 1. The van der Waals surface area contributed by atoms with Gasteiger partial charge in [-0.25, -0.2) is 13.1 Å². The number of carbonyl (C=O) groups is 1. The van der Waals surface area contributed by atoms with E-state index in [1.54, 1.807) is 12.1 Å². The molecule has 0 radical (unpaired) electrons. The van der Waals surface area contributed by atoms with Crippen LogP contribution < -0.4 is 10.0 Å². The number of nitrogens with zero attached hydrogens (tertiary/aromatic N) is 1. The summed E-state index contributed by atoms with van der Waals surface area (Å²) in [5, 5.41) is 2.87. The fourth-order valence-electron chi connectivity index (χ4n) is 2.95. The molecule has 1 fully saturated rings. The zero-order valence-corrected chi connectivity index (χ0v) is 17.1. The van der Waals surface area contributed by atoms with Crippen molar-refractivity contribution in [1.82, 2.24) is 9.62 Å². The number of sulfonamides is 1. The van der Waals surface area contributed by atoms with Crippen LogP contribution in [-0.2, 0) is 16.6 Å². The van der Waals surface area contributed by atoms with Gasteiger partial charge in [-0.2, -0.15) is 0 Å². The van der Waals surface area contributed by atoms with Gasteiger partial charge in [-0.3, -0.25) is 9.69 Å². The Morgan fingerprint density at radius 3 is 2.46 bits per heavy atom. The van der Waals surface area contributed by atoms with Gasteiger partial charge in [-0.05, 0) is 61.8 Å². The smallest absolute Gasteiger partial charge is 0.255 e. The molecule has 0 heterocycles. The summed E-state index contributed by atoms with van der Waals surface area (Å²) in [5.41, 5.74) is 2.12. The van der Waals surface area contributed by atoms with Gasteiger partial charge in [0.15, 0.2) is 0 Å². The molecule has 1 aliphatic rings. The Morgan fingerprint density at radius 1 is 1.07 bits per heavy atom. The number of nitrogens with one attached hydrogen (secondary N) is 2. The van der Waals surface area contributed by atoms with Crippen LogP contribution in [0.1, 0.15) is 42.6 Å². The van der Waals surface area contributed by atoms with Crippen molar-refractivity contribution >= 4 is 21.6 Å². The number of carbonyl (C=O) groups excluding carboxylic acids is 1. The van der Waals surface area contributed by atoms with E-state index >= 15 is 0 Å². The summed E-state index contributed by atoms with van der Waals surface area (Å²) in [6.07, 6.45) is 1.73.